The van der Waals surface area contributed by atoms with E-state index in [9.17, 15) is 14.0 Å². The number of esters is 1. The van der Waals surface area contributed by atoms with Gasteiger partial charge in [-0.2, -0.15) is 0 Å². The first-order valence-corrected chi connectivity index (χ1v) is 9.25. The molecule has 7 heteroatoms. The molecule has 0 aliphatic rings. The van der Waals surface area contributed by atoms with Gasteiger partial charge in [-0.1, -0.05) is 19.1 Å². The Kier molecular flexibility index (Phi) is 5.18. The Morgan fingerprint density at radius 2 is 2.00 bits per heavy atom. The molecular formula is C19H19FN2O3S. The Balaban J connectivity index is 2.05. The normalized spacial score (nSPS) is 13.5. The van der Waals surface area contributed by atoms with Gasteiger partial charge in [0.15, 0.2) is 0 Å². The zero-order valence-electron chi connectivity index (χ0n) is 14.7. The standard InChI is InChI=1S/C19H19FN2O3S/c1-4-11(2)25-19(24)12(3)22-10-21-17-16(18(22)23)15(9-26-17)13-5-7-14(20)8-6-13/h5-12H,4H2,1-3H3/t11-,12-/m1/s1. The van der Waals surface area contributed by atoms with Gasteiger partial charge in [0.2, 0.25) is 0 Å². The monoisotopic (exact) mass is 374 g/mol. The van der Waals surface area contributed by atoms with Gasteiger partial charge in [-0.3, -0.25) is 9.36 Å². The zero-order chi connectivity index (χ0) is 18.8. The number of hydrogen-bond acceptors (Lipinski definition) is 5. The second-order valence-corrected chi connectivity index (χ2v) is 6.98. The van der Waals surface area contributed by atoms with Crippen LogP contribution in [0.2, 0.25) is 0 Å². The molecule has 0 saturated carbocycles. The molecule has 0 spiro atoms. The van der Waals surface area contributed by atoms with Crippen LogP contribution in [-0.4, -0.2) is 21.6 Å². The molecule has 3 aromatic rings. The summed E-state index contributed by atoms with van der Waals surface area (Å²) in [5.74, 6) is -0.814. The third-order valence-electron chi connectivity index (χ3n) is 4.33. The molecule has 26 heavy (non-hydrogen) atoms. The zero-order valence-corrected chi connectivity index (χ0v) is 15.5. The summed E-state index contributed by atoms with van der Waals surface area (Å²) in [6.07, 6.45) is 1.86. The Morgan fingerprint density at radius 3 is 2.65 bits per heavy atom. The molecule has 136 valence electrons. The summed E-state index contributed by atoms with van der Waals surface area (Å²) in [5.41, 5.74) is 1.09. The van der Waals surface area contributed by atoms with Crippen LogP contribution in [0.4, 0.5) is 4.39 Å². The van der Waals surface area contributed by atoms with E-state index in [4.69, 9.17) is 4.74 Å². The van der Waals surface area contributed by atoms with Crippen molar-refractivity contribution in [2.24, 2.45) is 0 Å². The second kappa shape index (κ2) is 7.37. The maximum absolute atomic E-state index is 13.2. The number of nitrogens with zero attached hydrogens (tertiary/aromatic N) is 2. The maximum atomic E-state index is 13.2. The van der Waals surface area contributed by atoms with Crippen molar-refractivity contribution >= 4 is 27.5 Å². The summed E-state index contributed by atoms with van der Waals surface area (Å²) < 4.78 is 19.8. The first-order valence-electron chi connectivity index (χ1n) is 8.37. The number of hydrogen-bond donors (Lipinski definition) is 0. The third-order valence-corrected chi connectivity index (χ3v) is 5.21. The minimum atomic E-state index is -0.783. The lowest BCUT2D eigenvalue weighted by atomic mass is 10.1. The van der Waals surface area contributed by atoms with Crippen LogP contribution < -0.4 is 5.56 Å². The lowest BCUT2D eigenvalue weighted by Crippen LogP contribution is -2.31. The maximum Gasteiger partial charge on any atom is 0.329 e. The predicted molar refractivity (Wildman–Crippen MR) is 99.8 cm³/mol. The van der Waals surface area contributed by atoms with Crippen LogP contribution >= 0.6 is 11.3 Å². The summed E-state index contributed by atoms with van der Waals surface area (Å²) in [5, 5.41) is 2.24. The van der Waals surface area contributed by atoms with Crippen molar-refractivity contribution in [3.8, 4) is 11.1 Å². The molecule has 1 aromatic carbocycles. The van der Waals surface area contributed by atoms with Crippen LogP contribution in [0.15, 0.2) is 40.8 Å². The number of carbonyl (C=O) groups is 1. The van der Waals surface area contributed by atoms with Crippen LogP contribution in [0.5, 0.6) is 0 Å². The molecule has 0 amide bonds. The van der Waals surface area contributed by atoms with Crippen molar-refractivity contribution in [1.82, 2.24) is 9.55 Å². The highest BCUT2D eigenvalue weighted by molar-refractivity contribution is 7.17. The first kappa shape index (κ1) is 18.3. The van der Waals surface area contributed by atoms with Gasteiger partial charge in [-0.25, -0.2) is 14.2 Å². The van der Waals surface area contributed by atoms with Crippen molar-refractivity contribution in [2.45, 2.75) is 39.3 Å². The Bertz CT molecular complexity index is 994. The highest BCUT2D eigenvalue weighted by Gasteiger charge is 2.22. The molecule has 0 aliphatic heterocycles. The predicted octanol–water partition coefficient (Wildman–Crippen LogP) is 4.17. The number of rotatable bonds is 5. The molecule has 2 heterocycles. The van der Waals surface area contributed by atoms with Gasteiger partial charge in [0.1, 0.15) is 16.7 Å². The van der Waals surface area contributed by atoms with Crippen molar-refractivity contribution in [3.63, 3.8) is 0 Å². The molecule has 2 atom stereocenters. The first-order chi connectivity index (χ1) is 12.4. The minimum absolute atomic E-state index is 0.215. The van der Waals surface area contributed by atoms with Crippen molar-refractivity contribution in [1.29, 1.82) is 0 Å². The molecule has 2 aromatic heterocycles. The van der Waals surface area contributed by atoms with Gasteiger partial charge in [0, 0.05) is 10.9 Å². The number of aromatic nitrogens is 2. The average Bonchev–Trinajstić information content (AvgIpc) is 3.07. The number of benzene rings is 1. The van der Waals surface area contributed by atoms with Crippen LogP contribution in [0.25, 0.3) is 21.3 Å². The van der Waals surface area contributed by atoms with E-state index in [-0.39, 0.29) is 17.5 Å². The van der Waals surface area contributed by atoms with Gasteiger partial charge in [-0.15, -0.1) is 11.3 Å². The van der Waals surface area contributed by atoms with E-state index < -0.39 is 12.0 Å². The number of thiophene rings is 1. The molecule has 0 unspecified atom stereocenters. The molecule has 0 fully saturated rings. The van der Waals surface area contributed by atoms with Gasteiger partial charge < -0.3 is 4.74 Å². The summed E-state index contributed by atoms with van der Waals surface area (Å²) in [6.45, 7) is 5.34. The SMILES string of the molecule is CC[C@@H](C)OC(=O)[C@@H](C)n1cnc2scc(-c3ccc(F)cc3)c2c1=O. The number of carbonyl (C=O) groups excluding carboxylic acids is 1. The molecular weight excluding hydrogens is 355 g/mol. The highest BCUT2D eigenvalue weighted by Crippen LogP contribution is 2.31. The number of fused-ring (bicyclic) bond motifs is 1. The van der Waals surface area contributed by atoms with E-state index in [1.54, 1.807) is 26.0 Å². The molecule has 0 aliphatic carbocycles. The minimum Gasteiger partial charge on any atom is -0.461 e. The molecule has 0 N–H and O–H groups in total. The molecule has 0 saturated heterocycles. The Morgan fingerprint density at radius 1 is 1.31 bits per heavy atom. The fourth-order valence-corrected chi connectivity index (χ4v) is 3.46. The van der Waals surface area contributed by atoms with E-state index in [0.717, 1.165) is 5.56 Å². The molecule has 0 radical (unpaired) electrons. The lowest BCUT2D eigenvalue weighted by molar-refractivity contribution is -0.152. The van der Waals surface area contributed by atoms with Crippen LogP contribution in [0.1, 0.15) is 33.2 Å². The second-order valence-electron chi connectivity index (χ2n) is 6.13. The van der Waals surface area contributed by atoms with E-state index in [1.165, 1.54) is 34.4 Å². The van der Waals surface area contributed by atoms with E-state index in [2.05, 4.69) is 4.98 Å². The quantitative estimate of drug-likeness (QED) is 0.629. The summed E-state index contributed by atoms with van der Waals surface area (Å²) in [7, 11) is 0. The lowest BCUT2D eigenvalue weighted by Gasteiger charge is -2.17. The molecule has 5 nitrogen and oxygen atoms in total. The summed E-state index contributed by atoms with van der Waals surface area (Å²) in [6, 6.07) is 5.15. The fourth-order valence-electron chi connectivity index (χ4n) is 2.56. The van der Waals surface area contributed by atoms with Gasteiger partial charge >= 0.3 is 5.97 Å². The molecule has 3 rings (SSSR count). The summed E-state index contributed by atoms with van der Waals surface area (Å²) >= 11 is 1.34. The van der Waals surface area contributed by atoms with Crippen LogP contribution in [0.3, 0.4) is 0 Å². The Labute approximate surface area is 154 Å². The molecule has 0 bridgehead atoms. The number of ether oxygens (including phenoxy) is 1. The van der Waals surface area contributed by atoms with Crippen LogP contribution in [0, 0.1) is 5.82 Å². The van der Waals surface area contributed by atoms with Gasteiger partial charge in [-0.05, 0) is 38.0 Å². The third kappa shape index (κ3) is 3.39. The highest BCUT2D eigenvalue weighted by atomic mass is 32.1. The van der Waals surface area contributed by atoms with E-state index in [1.807, 2.05) is 12.3 Å². The number of halogens is 1. The summed E-state index contributed by atoms with van der Waals surface area (Å²) in [4.78, 5) is 30.2. The fraction of sp³-hybridized carbons (Fsp3) is 0.316. The van der Waals surface area contributed by atoms with Gasteiger partial charge in [0.25, 0.3) is 5.56 Å². The van der Waals surface area contributed by atoms with Crippen molar-refractivity contribution in [2.75, 3.05) is 0 Å². The smallest absolute Gasteiger partial charge is 0.329 e. The van der Waals surface area contributed by atoms with Gasteiger partial charge in [0.05, 0.1) is 17.8 Å². The van der Waals surface area contributed by atoms with E-state index >= 15 is 0 Å². The largest absolute Gasteiger partial charge is 0.461 e. The van der Waals surface area contributed by atoms with Crippen LogP contribution in [-0.2, 0) is 9.53 Å². The average molecular weight is 374 g/mol. The van der Waals surface area contributed by atoms with Crippen molar-refractivity contribution in [3.05, 3.63) is 52.1 Å². The van der Waals surface area contributed by atoms with Crippen molar-refractivity contribution < 1.29 is 13.9 Å². The Hall–Kier alpha value is -2.54. The topological polar surface area (TPSA) is 61.2 Å². The van der Waals surface area contributed by atoms with E-state index in [0.29, 0.717) is 22.2 Å².